The van der Waals surface area contributed by atoms with Crippen LogP contribution in [-0.2, 0) is 24.1 Å². The van der Waals surface area contributed by atoms with Crippen LogP contribution in [0.15, 0.2) is 9.95 Å². The van der Waals surface area contributed by atoms with E-state index >= 15 is 0 Å². The molecule has 4 rings (SSSR count). The maximum absolute atomic E-state index is 13.4. The molecule has 2 aliphatic rings. The molecule has 0 spiro atoms. The van der Waals surface area contributed by atoms with E-state index in [1.807, 2.05) is 0 Å². The van der Waals surface area contributed by atoms with Gasteiger partial charge in [-0.1, -0.05) is 11.8 Å². The van der Waals surface area contributed by atoms with Crippen molar-refractivity contribution in [1.29, 1.82) is 10.5 Å². The van der Waals surface area contributed by atoms with Crippen LogP contribution in [0.4, 0.5) is 0 Å². The maximum Gasteiger partial charge on any atom is 0.263 e. The van der Waals surface area contributed by atoms with E-state index in [4.69, 9.17) is 15.0 Å². The number of rotatable bonds is 7. The molecule has 2 atom stereocenters. The Morgan fingerprint density at radius 2 is 2.25 bits per heavy atom. The van der Waals surface area contributed by atoms with Crippen molar-refractivity contribution in [3.8, 4) is 12.1 Å². The molecule has 1 aliphatic carbocycles. The minimum atomic E-state index is -0.221. The number of hydrogen-bond acceptors (Lipinski definition) is 7. The minimum absolute atomic E-state index is 0.0351. The first-order chi connectivity index (χ1) is 13.7. The van der Waals surface area contributed by atoms with Crippen LogP contribution >= 0.6 is 23.1 Å². The molecule has 0 unspecified atom stereocenters. The molecule has 1 fully saturated rings. The number of nitriles is 2. The fraction of sp³-hybridized carbons (Fsp3) is 0.600. The Morgan fingerprint density at radius 1 is 1.36 bits per heavy atom. The van der Waals surface area contributed by atoms with E-state index < -0.39 is 0 Å². The molecular weight excluding hydrogens is 392 g/mol. The third kappa shape index (κ3) is 3.82. The van der Waals surface area contributed by atoms with Gasteiger partial charge in [0.15, 0.2) is 5.16 Å². The number of nitrogens with zero attached hydrogens (tertiary/aromatic N) is 4. The summed E-state index contributed by atoms with van der Waals surface area (Å²) < 4.78 is 7.54. The van der Waals surface area contributed by atoms with E-state index in [1.54, 1.807) is 15.9 Å². The Morgan fingerprint density at radius 3 is 3.00 bits per heavy atom. The van der Waals surface area contributed by atoms with E-state index in [9.17, 15) is 10.1 Å². The Bertz CT molecular complexity index is 1010. The summed E-state index contributed by atoms with van der Waals surface area (Å²) >= 11 is 3.10. The predicted molar refractivity (Wildman–Crippen MR) is 110 cm³/mol. The van der Waals surface area contributed by atoms with Crippen molar-refractivity contribution in [2.75, 3.05) is 12.4 Å². The zero-order chi connectivity index (χ0) is 19.5. The molecule has 1 aliphatic heterocycles. The third-order valence-corrected chi connectivity index (χ3v) is 7.73. The fourth-order valence-corrected chi connectivity index (χ4v) is 6.29. The number of aromatic nitrogens is 2. The molecule has 6 nitrogen and oxygen atoms in total. The second-order valence-electron chi connectivity index (χ2n) is 7.32. The number of thiophene rings is 1. The van der Waals surface area contributed by atoms with Crippen LogP contribution in [-0.4, -0.2) is 28.0 Å². The normalized spacial score (nSPS) is 19.4. The summed E-state index contributed by atoms with van der Waals surface area (Å²) in [5.41, 5.74) is 1.23. The lowest BCUT2D eigenvalue weighted by atomic mass is 10.1. The molecule has 1 saturated heterocycles. The molecule has 3 heterocycles. The number of hydrogen-bond donors (Lipinski definition) is 0. The molecule has 0 N–H and O–H groups in total. The average molecular weight is 415 g/mol. The highest BCUT2D eigenvalue weighted by Gasteiger charge is 2.25. The number of thioether (sulfide) groups is 1. The van der Waals surface area contributed by atoms with Gasteiger partial charge in [-0.25, -0.2) is 4.98 Å². The summed E-state index contributed by atoms with van der Waals surface area (Å²) in [4.78, 5) is 20.4. The van der Waals surface area contributed by atoms with Gasteiger partial charge in [0.25, 0.3) is 5.56 Å². The van der Waals surface area contributed by atoms with E-state index in [2.05, 4.69) is 12.1 Å². The van der Waals surface area contributed by atoms with Gasteiger partial charge in [-0.05, 0) is 44.1 Å². The van der Waals surface area contributed by atoms with Gasteiger partial charge >= 0.3 is 0 Å². The maximum atomic E-state index is 13.4. The molecule has 0 saturated carbocycles. The van der Waals surface area contributed by atoms with Crippen molar-refractivity contribution >= 4 is 33.3 Å². The standard InChI is InChI=1S/C20H22N4O2S2/c21-8-2-4-13(10-22)12-27-20-23-18-17(15-6-1-7-16(15)28-18)19(25)24(20)11-14-5-3-9-26-14/h13-14H,1-7,9,11-12H2/t13-,14+/m1/s1. The Kier molecular flexibility index (Phi) is 6.01. The summed E-state index contributed by atoms with van der Waals surface area (Å²) in [7, 11) is 0. The topological polar surface area (TPSA) is 91.7 Å². The van der Waals surface area contributed by atoms with Crippen LogP contribution < -0.4 is 5.56 Å². The summed E-state index contributed by atoms with van der Waals surface area (Å²) in [6.45, 7) is 1.26. The highest BCUT2D eigenvalue weighted by molar-refractivity contribution is 7.99. The second kappa shape index (κ2) is 8.65. The monoisotopic (exact) mass is 414 g/mol. The molecule has 2 aromatic heterocycles. The van der Waals surface area contributed by atoms with E-state index in [-0.39, 0.29) is 17.6 Å². The smallest absolute Gasteiger partial charge is 0.263 e. The second-order valence-corrected chi connectivity index (χ2v) is 9.39. The number of aryl methyl sites for hydroxylation is 2. The largest absolute Gasteiger partial charge is 0.376 e. The first-order valence-corrected chi connectivity index (χ1v) is 11.6. The van der Waals surface area contributed by atoms with Crippen molar-refractivity contribution < 1.29 is 4.74 Å². The molecular formula is C20H22N4O2S2. The Labute approximate surface area is 172 Å². The van der Waals surface area contributed by atoms with Gasteiger partial charge in [-0.15, -0.1) is 11.3 Å². The lowest BCUT2D eigenvalue weighted by Gasteiger charge is -2.16. The lowest BCUT2D eigenvalue weighted by molar-refractivity contribution is 0.0937. The molecule has 2 aromatic rings. The van der Waals surface area contributed by atoms with Crippen molar-refractivity contribution in [3.63, 3.8) is 0 Å². The molecule has 146 valence electrons. The number of ether oxygens (including phenoxy) is 1. The van der Waals surface area contributed by atoms with Crippen molar-refractivity contribution in [1.82, 2.24) is 9.55 Å². The molecule has 0 radical (unpaired) electrons. The van der Waals surface area contributed by atoms with Crippen LogP contribution in [0.25, 0.3) is 10.2 Å². The molecule has 0 aromatic carbocycles. The summed E-state index contributed by atoms with van der Waals surface area (Å²) in [5, 5.41) is 19.6. The van der Waals surface area contributed by atoms with Crippen LogP contribution in [0.5, 0.6) is 0 Å². The zero-order valence-electron chi connectivity index (χ0n) is 15.6. The summed E-state index contributed by atoms with van der Waals surface area (Å²) in [6, 6.07) is 4.37. The minimum Gasteiger partial charge on any atom is -0.376 e. The predicted octanol–water partition coefficient (Wildman–Crippen LogP) is 3.66. The van der Waals surface area contributed by atoms with Crippen LogP contribution in [0, 0.1) is 28.6 Å². The van der Waals surface area contributed by atoms with E-state index in [1.165, 1.54) is 22.2 Å². The van der Waals surface area contributed by atoms with E-state index in [0.29, 0.717) is 30.3 Å². The SMILES string of the molecule is N#CCC[C@H](C#N)CSc1nc2sc3c(c2c(=O)n1C[C@@H]1CCCO1)CCC3. The van der Waals surface area contributed by atoms with Gasteiger partial charge in [-0.3, -0.25) is 9.36 Å². The van der Waals surface area contributed by atoms with Gasteiger partial charge in [-0.2, -0.15) is 10.5 Å². The van der Waals surface area contributed by atoms with Gasteiger partial charge < -0.3 is 4.74 Å². The highest BCUT2D eigenvalue weighted by Crippen LogP contribution is 2.36. The molecule has 28 heavy (non-hydrogen) atoms. The van der Waals surface area contributed by atoms with Crippen molar-refractivity contribution in [2.24, 2.45) is 5.92 Å². The quantitative estimate of drug-likeness (QED) is 0.507. The Hall–Kier alpha value is -1.87. The first kappa shape index (κ1) is 19.4. The van der Waals surface area contributed by atoms with E-state index in [0.717, 1.165) is 48.9 Å². The van der Waals surface area contributed by atoms with Crippen LogP contribution in [0.1, 0.15) is 42.5 Å². The fourth-order valence-electron chi connectivity index (χ4n) is 3.92. The molecule has 0 amide bonds. The van der Waals surface area contributed by atoms with Crippen molar-refractivity contribution in [3.05, 3.63) is 20.8 Å². The van der Waals surface area contributed by atoms with Gasteiger partial charge in [0.1, 0.15) is 4.83 Å². The van der Waals surface area contributed by atoms with Gasteiger partial charge in [0.2, 0.25) is 0 Å². The summed E-state index contributed by atoms with van der Waals surface area (Å²) in [5.74, 6) is 0.314. The van der Waals surface area contributed by atoms with Gasteiger partial charge in [0, 0.05) is 23.7 Å². The van der Waals surface area contributed by atoms with Crippen LogP contribution in [0.3, 0.4) is 0 Å². The lowest BCUT2D eigenvalue weighted by Crippen LogP contribution is -2.29. The highest BCUT2D eigenvalue weighted by atomic mass is 32.2. The zero-order valence-corrected chi connectivity index (χ0v) is 17.3. The van der Waals surface area contributed by atoms with Gasteiger partial charge in [0.05, 0.1) is 36.1 Å². The Balaban J connectivity index is 1.68. The molecule has 8 heteroatoms. The van der Waals surface area contributed by atoms with Crippen LogP contribution in [0.2, 0.25) is 0 Å². The van der Waals surface area contributed by atoms with Crippen molar-refractivity contribution in [2.45, 2.75) is 62.8 Å². The average Bonchev–Trinajstić information content (AvgIpc) is 3.42. The third-order valence-electron chi connectivity index (χ3n) is 5.40. The molecule has 0 bridgehead atoms. The summed E-state index contributed by atoms with van der Waals surface area (Å²) in [6.07, 6.45) is 6.06. The number of fused-ring (bicyclic) bond motifs is 3. The first-order valence-electron chi connectivity index (χ1n) is 9.77.